The van der Waals surface area contributed by atoms with Crippen molar-refractivity contribution in [3.05, 3.63) is 59.2 Å². The minimum Gasteiger partial charge on any atom is -0.497 e. The van der Waals surface area contributed by atoms with Crippen LogP contribution in [0.4, 0.5) is 5.69 Å². The van der Waals surface area contributed by atoms with E-state index in [4.69, 9.17) is 4.74 Å². The summed E-state index contributed by atoms with van der Waals surface area (Å²) in [5.41, 5.74) is 2.74. The summed E-state index contributed by atoms with van der Waals surface area (Å²) in [5.74, 6) is 0.155. The van der Waals surface area contributed by atoms with Gasteiger partial charge >= 0.3 is 0 Å². The fraction of sp³-hybridized carbons (Fsp3) is 0.481. The minimum atomic E-state index is -3.78. The molecule has 1 N–H and O–H groups in total. The number of para-hydroxylation sites is 1. The Hall–Kier alpha value is -3.07. The van der Waals surface area contributed by atoms with Gasteiger partial charge in [0.05, 0.1) is 19.1 Å². The molecular formula is C27H39N3O5S. The van der Waals surface area contributed by atoms with E-state index >= 15 is 0 Å². The predicted molar refractivity (Wildman–Crippen MR) is 144 cm³/mol. The van der Waals surface area contributed by atoms with Crippen molar-refractivity contribution in [2.24, 2.45) is 5.92 Å². The first-order chi connectivity index (χ1) is 16.9. The van der Waals surface area contributed by atoms with Gasteiger partial charge in [0.25, 0.3) is 0 Å². The number of carbonyl (C=O) groups excluding carboxylic acids is 2. The number of hydrogen-bond donors (Lipinski definition) is 1. The zero-order valence-electron chi connectivity index (χ0n) is 22.4. The molecule has 198 valence electrons. The summed E-state index contributed by atoms with van der Waals surface area (Å²) < 4.78 is 32.1. The maximum Gasteiger partial charge on any atom is 0.244 e. The summed E-state index contributed by atoms with van der Waals surface area (Å²) in [6, 6.07) is 12.0. The van der Waals surface area contributed by atoms with E-state index < -0.39 is 28.5 Å². The zero-order chi connectivity index (χ0) is 27.0. The average Bonchev–Trinajstić information content (AvgIpc) is 2.81. The molecule has 0 unspecified atom stereocenters. The third-order valence-corrected chi connectivity index (χ3v) is 7.04. The minimum absolute atomic E-state index is 0.133. The lowest BCUT2D eigenvalue weighted by atomic mass is 10.1. The van der Waals surface area contributed by atoms with Gasteiger partial charge in [0.1, 0.15) is 18.3 Å². The normalized spacial score (nSPS) is 12.2. The van der Waals surface area contributed by atoms with Gasteiger partial charge in [-0.15, -0.1) is 0 Å². The van der Waals surface area contributed by atoms with Crippen LogP contribution in [0.3, 0.4) is 0 Å². The molecule has 0 spiro atoms. The first-order valence-electron chi connectivity index (χ1n) is 12.1. The molecule has 2 aromatic rings. The Morgan fingerprint density at radius 3 is 2.19 bits per heavy atom. The molecule has 0 aromatic heterocycles. The van der Waals surface area contributed by atoms with Crippen LogP contribution in [-0.2, 0) is 26.2 Å². The third-order valence-electron chi connectivity index (χ3n) is 5.93. The number of nitrogens with zero attached hydrogens (tertiary/aromatic N) is 2. The van der Waals surface area contributed by atoms with E-state index in [1.54, 1.807) is 19.2 Å². The van der Waals surface area contributed by atoms with Crippen LogP contribution in [0.1, 0.15) is 43.9 Å². The number of amides is 2. The van der Waals surface area contributed by atoms with Gasteiger partial charge in [-0.25, -0.2) is 8.42 Å². The Morgan fingerprint density at radius 2 is 1.67 bits per heavy atom. The Kier molecular flexibility index (Phi) is 10.3. The van der Waals surface area contributed by atoms with Crippen molar-refractivity contribution in [2.45, 2.75) is 53.6 Å². The van der Waals surface area contributed by atoms with Gasteiger partial charge in [-0.05, 0) is 55.0 Å². The van der Waals surface area contributed by atoms with Gasteiger partial charge in [0, 0.05) is 13.1 Å². The molecule has 8 nitrogen and oxygen atoms in total. The fourth-order valence-electron chi connectivity index (χ4n) is 4.08. The van der Waals surface area contributed by atoms with E-state index in [2.05, 4.69) is 5.32 Å². The number of benzene rings is 2. The summed E-state index contributed by atoms with van der Waals surface area (Å²) in [6.45, 7) is 9.65. The second-order valence-corrected chi connectivity index (χ2v) is 11.4. The number of sulfonamides is 1. The third kappa shape index (κ3) is 7.71. The number of nitrogens with one attached hydrogen (secondary N) is 1. The maximum absolute atomic E-state index is 13.8. The first kappa shape index (κ1) is 29.2. The summed E-state index contributed by atoms with van der Waals surface area (Å²) in [6.07, 6.45) is 1.47. The number of methoxy groups -OCH3 is 1. The molecule has 0 saturated carbocycles. The largest absolute Gasteiger partial charge is 0.497 e. The van der Waals surface area contributed by atoms with Crippen molar-refractivity contribution in [2.75, 3.05) is 30.8 Å². The number of hydrogen-bond acceptors (Lipinski definition) is 5. The monoisotopic (exact) mass is 517 g/mol. The standard InChI is InChI=1S/C27H39N3O5S/c1-8-24(27(32)28-16-19(2)3)29(17-22-13-10-14-23(15-22)35-6)25(31)18-30(36(7,33)34)26-20(4)11-9-12-21(26)5/h9-15,19,24H,8,16-18H2,1-7H3,(H,28,32)/t24-/m1/s1. The van der Waals surface area contributed by atoms with Crippen LogP contribution in [-0.4, -0.2) is 57.6 Å². The predicted octanol–water partition coefficient (Wildman–Crippen LogP) is 3.66. The number of ether oxygens (including phenoxy) is 1. The molecule has 2 aromatic carbocycles. The molecule has 0 aliphatic heterocycles. The maximum atomic E-state index is 13.8. The highest BCUT2D eigenvalue weighted by atomic mass is 32.2. The Labute approximate surface area is 215 Å². The van der Waals surface area contributed by atoms with Crippen LogP contribution >= 0.6 is 0 Å². The van der Waals surface area contributed by atoms with Crippen LogP contribution in [0.15, 0.2) is 42.5 Å². The van der Waals surface area contributed by atoms with E-state index in [0.29, 0.717) is 24.4 Å². The molecule has 0 fully saturated rings. The van der Waals surface area contributed by atoms with Crippen molar-refractivity contribution in [3.63, 3.8) is 0 Å². The second kappa shape index (κ2) is 12.8. The molecular weight excluding hydrogens is 478 g/mol. The quantitative estimate of drug-likeness (QED) is 0.464. The van der Waals surface area contributed by atoms with Crippen LogP contribution < -0.4 is 14.4 Å². The molecule has 1 atom stereocenters. The molecule has 2 rings (SSSR count). The molecule has 9 heteroatoms. The van der Waals surface area contributed by atoms with Crippen LogP contribution in [0.2, 0.25) is 0 Å². The van der Waals surface area contributed by atoms with Crippen LogP contribution in [0, 0.1) is 19.8 Å². The molecule has 2 amide bonds. The lowest BCUT2D eigenvalue weighted by molar-refractivity contribution is -0.140. The van der Waals surface area contributed by atoms with E-state index in [-0.39, 0.29) is 18.4 Å². The SMILES string of the molecule is CC[C@H](C(=O)NCC(C)C)N(Cc1cccc(OC)c1)C(=O)CN(c1c(C)cccc1C)S(C)(=O)=O. The molecule has 0 saturated heterocycles. The smallest absolute Gasteiger partial charge is 0.244 e. The highest BCUT2D eigenvalue weighted by Crippen LogP contribution is 2.27. The van der Waals surface area contributed by atoms with Gasteiger partial charge in [-0.1, -0.05) is 51.1 Å². The Morgan fingerprint density at radius 1 is 1.06 bits per heavy atom. The summed E-state index contributed by atoms with van der Waals surface area (Å²) in [5, 5.41) is 2.92. The van der Waals surface area contributed by atoms with Crippen LogP contribution in [0.5, 0.6) is 5.75 Å². The topological polar surface area (TPSA) is 96.0 Å². The number of aryl methyl sites for hydroxylation is 2. The lowest BCUT2D eigenvalue weighted by Gasteiger charge is -2.33. The second-order valence-electron chi connectivity index (χ2n) is 9.45. The van der Waals surface area contributed by atoms with E-state index in [1.165, 1.54) is 4.90 Å². The molecule has 0 heterocycles. The average molecular weight is 518 g/mol. The number of carbonyl (C=O) groups is 2. The van der Waals surface area contributed by atoms with Crippen molar-refractivity contribution in [1.29, 1.82) is 0 Å². The molecule has 36 heavy (non-hydrogen) atoms. The van der Waals surface area contributed by atoms with Gasteiger partial charge in [-0.3, -0.25) is 13.9 Å². The highest BCUT2D eigenvalue weighted by molar-refractivity contribution is 7.92. The van der Waals surface area contributed by atoms with E-state index in [1.807, 2.05) is 65.0 Å². The Bertz CT molecular complexity index is 1140. The summed E-state index contributed by atoms with van der Waals surface area (Å²) >= 11 is 0. The number of rotatable bonds is 12. The summed E-state index contributed by atoms with van der Waals surface area (Å²) in [4.78, 5) is 28.4. The van der Waals surface area contributed by atoms with Crippen molar-refractivity contribution in [3.8, 4) is 5.75 Å². The van der Waals surface area contributed by atoms with Gasteiger partial charge < -0.3 is 15.0 Å². The van der Waals surface area contributed by atoms with Gasteiger partial charge in [0.15, 0.2) is 0 Å². The van der Waals surface area contributed by atoms with Gasteiger partial charge in [-0.2, -0.15) is 0 Å². The lowest BCUT2D eigenvalue weighted by Crippen LogP contribution is -2.52. The highest BCUT2D eigenvalue weighted by Gasteiger charge is 2.32. The zero-order valence-corrected chi connectivity index (χ0v) is 23.2. The summed E-state index contributed by atoms with van der Waals surface area (Å²) in [7, 11) is -2.22. The molecule has 0 radical (unpaired) electrons. The van der Waals surface area contributed by atoms with Gasteiger partial charge in [0.2, 0.25) is 21.8 Å². The molecule has 0 aliphatic rings. The Balaban J connectivity index is 2.49. The first-order valence-corrected chi connectivity index (χ1v) is 14.0. The molecule has 0 bridgehead atoms. The molecule has 0 aliphatic carbocycles. The van der Waals surface area contributed by atoms with Crippen molar-refractivity contribution >= 4 is 27.5 Å². The van der Waals surface area contributed by atoms with E-state index in [9.17, 15) is 18.0 Å². The van der Waals surface area contributed by atoms with E-state index in [0.717, 1.165) is 27.3 Å². The number of anilines is 1. The van der Waals surface area contributed by atoms with Crippen LogP contribution in [0.25, 0.3) is 0 Å². The fourth-order valence-corrected chi connectivity index (χ4v) is 5.05. The van der Waals surface area contributed by atoms with Crippen molar-refractivity contribution < 1.29 is 22.7 Å². The van der Waals surface area contributed by atoms with Crippen molar-refractivity contribution in [1.82, 2.24) is 10.2 Å².